The van der Waals surface area contributed by atoms with E-state index in [0.717, 1.165) is 0 Å². The zero-order valence-corrected chi connectivity index (χ0v) is 9.19. The molecule has 0 aliphatic carbocycles. The van der Waals surface area contributed by atoms with E-state index < -0.39 is 5.79 Å². The number of aliphatic hydroxyl groups is 1. The molecule has 1 heterocycles. The van der Waals surface area contributed by atoms with Crippen molar-refractivity contribution in [3.05, 3.63) is 0 Å². The summed E-state index contributed by atoms with van der Waals surface area (Å²) in [5.74, 6) is -0.959. The lowest BCUT2D eigenvalue weighted by atomic mass is 10.1. The van der Waals surface area contributed by atoms with Crippen molar-refractivity contribution in [2.24, 2.45) is 5.92 Å². The van der Waals surface area contributed by atoms with E-state index in [2.05, 4.69) is 0 Å². The van der Waals surface area contributed by atoms with Crippen molar-refractivity contribution in [1.29, 1.82) is 0 Å². The molecule has 15 heavy (non-hydrogen) atoms. The maximum atomic E-state index is 10.6. The van der Waals surface area contributed by atoms with E-state index in [4.69, 9.17) is 19.3 Å². The van der Waals surface area contributed by atoms with E-state index in [-0.39, 0.29) is 25.1 Å². The molecule has 1 aliphatic rings. The normalized spacial score (nSPS) is 31.3. The van der Waals surface area contributed by atoms with Gasteiger partial charge in [-0.1, -0.05) is 0 Å². The molecule has 1 fully saturated rings. The number of ether oxygens (including phenoxy) is 3. The van der Waals surface area contributed by atoms with Gasteiger partial charge in [0.1, 0.15) is 6.61 Å². The molecule has 88 valence electrons. The molecular weight excluding hydrogens is 200 g/mol. The topological polar surface area (TPSA) is 65.0 Å². The predicted octanol–water partition coefficient (Wildman–Crippen LogP) is 0.311. The summed E-state index contributed by atoms with van der Waals surface area (Å²) in [7, 11) is 0. The number of carbonyl (C=O) groups excluding carboxylic acids is 1. The lowest BCUT2D eigenvalue weighted by Gasteiger charge is -2.36. The largest absolute Gasteiger partial charge is 0.460 e. The Morgan fingerprint density at radius 2 is 2.13 bits per heavy atom. The molecule has 1 rings (SSSR count). The summed E-state index contributed by atoms with van der Waals surface area (Å²) in [6.07, 6.45) is 0.670. The number of rotatable bonds is 4. The first-order valence-electron chi connectivity index (χ1n) is 5.08. The van der Waals surface area contributed by atoms with Gasteiger partial charge >= 0.3 is 5.97 Å². The highest BCUT2D eigenvalue weighted by molar-refractivity contribution is 5.65. The minimum Gasteiger partial charge on any atom is -0.460 e. The summed E-state index contributed by atoms with van der Waals surface area (Å²) in [5, 5.41) is 8.74. The highest BCUT2D eigenvalue weighted by Gasteiger charge is 2.33. The summed E-state index contributed by atoms with van der Waals surface area (Å²) < 4.78 is 15.8. The maximum absolute atomic E-state index is 10.6. The van der Waals surface area contributed by atoms with Crippen LogP contribution in [0.1, 0.15) is 20.3 Å². The first-order chi connectivity index (χ1) is 7.06. The standard InChI is InChI=1S/C10H18O5/c1-8(12)13-7-10(2)14-5-9(3-4-11)6-15-10/h9,11H,3-7H2,1-2H3. The second-order valence-corrected chi connectivity index (χ2v) is 3.91. The minimum absolute atomic E-state index is 0.105. The third kappa shape index (κ3) is 4.15. The summed E-state index contributed by atoms with van der Waals surface area (Å²) in [6, 6.07) is 0. The summed E-state index contributed by atoms with van der Waals surface area (Å²) in [4.78, 5) is 10.6. The van der Waals surface area contributed by atoms with E-state index in [1.807, 2.05) is 0 Å². The van der Waals surface area contributed by atoms with Crippen LogP contribution in [-0.2, 0) is 19.0 Å². The zero-order valence-electron chi connectivity index (χ0n) is 9.19. The fourth-order valence-electron chi connectivity index (χ4n) is 1.34. The highest BCUT2D eigenvalue weighted by Crippen LogP contribution is 2.23. The van der Waals surface area contributed by atoms with Gasteiger partial charge < -0.3 is 19.3 Å². The van der Waals surface area contributed by atoms with Gasteiger partial charge in [0.25, 0.3) is 0 Å². The first kappa shape index (κ1) is 12.4. The molecule has 0 bridgehead atoms. The summed E-state index contributed by atoms with van der Waals surface area (Å²) in [5.41, 5.74) is 0. The Bertz CT molecular complexity index is 208. The molecule has 0 saturated carbocycles. The minimum atomic E-state index is -0.836. The summed E-state index contributed by atoms with van der Waals surface area (Å²) >= 11 is 0. The zero-order chi connectivity index (χ0) is 11.3. The van der Waals surface area contributed by atoms with Gasteiger partial charge in [-0.3, -0.25) is 4.79 Å². The molecule has 0 spiro atoms. The van der Waals surface area contributed by atoms with Crippen LogP contribution < -0.4 is 0 Å². The van der Waals surface area contributed by atoms with Crippen molar-refractivity contribution in [3.63, 3.8) is 0 Å². The molecule has 0 atom stereocenters. The first-order valence-corrected chi connectivity index (χ1v) is 5.08. The molecule has 0 amide bonds. The van der Waals surface area contributed by atoms with E-state index in [1.165, 1.54) is 6.92 Å². The van der Waals surface area contributed by atoms with Crippen LogP contribution >= 0.6 is 0 Å². The van der Waals surface area contributed by atoms with Crippen LogP contribution in [0, 0.1) is 5.92 Å². The Morgan fingerprint density at radius 1 is 1.53 bits per heavy atom. The molecule has 0 aromatic rings. The molecular formula is C10H18O5. The van der Waals surface area contributed by atoms with Crippen molar-refractivity contribution in [3.8, 4) is 0 Å². The number of hydrogen-bond acceptors (Lipinski definition) is 5. The average Bonchev–Trinajstić information content (AvgIpc) is 2.20. The van der Waals surface area contributed by atoms with E-state index in [1.54, 1.807) is 6.92 Å². The fraction of sp³-hybridized carbons (Fsp3) is 0.900. The second-order valence-electron chi connectivity index (χ2n) is 3.91. The quantitative estimate of drug-likeness (QED) is 0.688. The maximum Gasteiger partial charge on any atom is 0.302 e. The van der Waals surface area contributed by atoms with Crippen molar-refractivity contribution in [2.75, 3.05) is 26.4 Å². The lowest BCUT2D eigenvalue weighted by Crippen LogP contribution is -2.45. The van der Waals surface area contributed by atoms with Gasteiger partial charge in [0.15, 0.2) is 5.79 Å². The predicted molar refractivity (Wildman–Crippen MR) is 52.1 cm³/mol. The Balaban J connectivity index is 2.30. The van der Waals surface area contributed by atoms with Crippen LogP contribution in [0.4, 0.5) is 0 Å². The van der Waals surface area contributed by atoms with Gasteiger partial charge in [-0.15, -0.1) is 0 Å². The van der Waals surface area contributed by atoms with Gasteiger partial charge in [0, 0.05) is 19.4 Å². The van der Waals surface area contributed by atoms with Crippen molar-refractivity contribution < 1.29 is 24.1 Å². The van der Waals surface area contributed by atoms with E-state index >= 15 is 0 Å². The van der Waals surface area contributed by atoms with Crippen molar-refractivity contribution in [2.45, 2.75) is 26.1 Å². The van der Waals surface area contributed by atoms with Crippen LogP contribution in [0.15, 0.2) is 0 Å². The highest BCUT2D eigenvalue weighted by atomic mass is 16.7. The number of esters is 1. The fourth-order valence-corrected chi connectivity index (χ4v) is 1.34. The molecule has 1 aliphatic heterocycles. The molecule has 1 N–H and O–H groups in total. The van der Waals surface area contributed by atoms with E-state index in [9.17, 15) is 4.79 Å². The van der Waals surface area contributed by atoms with Crippen LogP contribution in [-0.4, -0.2) is 43.3 Å². The lowest BCUT2D eigenvalue weighted by molar-refractivity contribution is -0.289. The molecule has 1 saturated heterocycles. The monoisotopic (exact) mass is 218 g/mol. The van der Waals surface area contributed by atoms with Crippen molar-refractivity contribution >= 4 is 5.97 Å². The van der Waals surface area contributed by atoms with Gasteiger partial charge in [-0.25, -0.2) is 0 Å². The number of carbonyl (C=O) groups is 1. The SMILES string of the molecule is CC(=O)OCC1(C)OCC(CCO)CO1. The Morgan fingerprint density at radius 3 is 2.60 bits per heavy atom. The van der Waals surface area contributed by atoms with Gasteiger partial charge in [0.05, 0.1) is 13.2 Å². The van der Waals surface area contributed by atoms with Crippen molar-refractivity contribution in [1.82, 2.24) is 0 Å². The van der Waals surface area contributed by atoms with Gasteiger partial charge in [0.2, 0.25) is 0 Å². The third-order valence-electron chi connectivity index (χ3n) is 2.32. The van der Waals surface area contributed by atoms with Crippen LogP contribution in [0.2, 0.25) is 0 Å². The van der Waals surface area contributed by atoms with Crippen LogP contribution in [0.25, 0.3) is 0 Å². The molecule has 0 radical (unpaired) electrons. The average molecular weight is 218 g/mol. The molecule has 0 aromatic heterocycles. The van der Waals surface area contributed by atoms with Gasteiger partial charge in [-0.05, 0) is 13.3 Å². The van der Waals surface area contributed by atoms with E-state index in [0.29, 0.717) is 19.6 Å². The molecule has 5 heteroatoms. The Hall–Kier alpha value is -0.650. The molecule has 0 aromatic carbocycles. The molecule has 0 unspecified atom stereocenters. The third-order valence-corrected chi connectivity index (χ3v) is 2.32. The van der Waals surface area contributed by atoms with Crippen LogP contribution in [0.3, 0.4) is 0 Å². The second kappa shape index (κ2) is 5.44. The summed E-state index contributed by atoms with van der Waals surface area (Å²) in [6.45, 7) is 4.38. The van der Waals surface area contributed by atoms with Gasteiger partial charge in [-0.2, -0.15) is 0 Å². The molecule has 5 nitrogen and oxygen atoms in total. The number of aliphatic hydroxyl groups excluding tert-OH is 1. The smallest absolute Gasteiger partial charge is 0.302 e. The number of hydrogen-bond donors (Lipinski definition) is 1. The Labute approximate surface area is 89.3 Å². The van der Waals surface area contributed by atoms with Crippen LogP contribution in [0.5, 0.6) is 0 Å². The Kier molecular flexibility index (Phi) is 4.50.